The summed E-state index contributed by atoms with van der Waals surface area (Å²) in [6.45, 7) is 3.30. The maximum Gasteiger partial charge on any atom is 0.324 e. The third-order valence-corrected chi connectivity index (χ3v) is 3.79. The second-order valence-electron chi connectivity index (χ2n) is 3.75. The number of nitrogens with one attached hydrogen (secondary N) is 1. The minimum atomic E-state index is -0.416. The van der Waals surface area contributed by atoms with E-state index in [1.807, 2.05) is 4.90 Å². The summed E-state index contributed by atoms with van der Waals surface area (Å²) in [6, 6.07) is 5.01. The van der Waals surface area contributed by atoms with Gasteiger partial charge in [0, 0.05) is 37.1 Å². The molecular formula is C10H12N4O2S. The molecule has 2 heterocycles. The van der Waals surface area contributed by atoms with Gasteiger partial charge in [-0.2, -0.15) is 5.26 Å². The van der Waals surface area contributed by atoms with Crippen LogP contribution in [0.1, 0.15) is 10.9 Å². The molecule has 1 unspecified atom stereocenters. The molecule has 7 heteroatoms. The van der Waals surface area contributed by atoms with Crippen LogP contribution in [0.25, 0.3) is 0 Å². The van der Waals surface area contributed by atoms with E-state index in [1.165, 1.54) is 6.07 Å². The van der Waals surface area contributed by atoms with Crippen LogP contribution in [0.3, 0.4) is 0 Å². The highest BCUT2D eigenvalue weighted by atomic mass is 32.1. The predicted molar refractivity (Wildman–Crippen MR) is 63.8 cm³/mol. The zero-order valence-electron chi connectivity index (χ0n) is 9.13. The van der Waals surface area contributed by atoms with Crippen molar-refractivity contribution in [3.8, 4) is 6.07 Å². The lowest BCUT2D eigenvalue weighted by molar-refractivity contribution is -0.380. The van der Waals surface area contributed by atoms with Crippen LogP contribution >= 0.6 is 11.3 Å². The van der Waals surface area contributed by atoms with E-state index in [2.05, 4.69) is 11.4 Å². The molecule has 1 aromatic rings. The molecule has 0 radical (unpaired) electrons. The maximum atomic E-state index is 10.6. The van der Waals surface area contributed by atoms with Gasteiger partial charge in [-0.25, -0.2) is 0 Å². The van der Waals surface area contributed by atoms with Crippen molar-refractivity contribution in [3.05, 3.63) is 27.1 Å². The van der Waals surface area contributed by atoms with Crippen LogP contribution in [0.15, 0.2) is 12.1 Å². The lowest BCUT2D eigenvalue weighted by Gasteiger charge is -2.30. The van der Waals surface area contributed by atoms with E-state index >= 15 is 0 Å². The molecule has 90 valence electrons. The van der Waals surface area contributed by atoms with Crippen molar-refractivity contribution < 1.29 is 4.92 Å². The molecule has 0 aromatic carbocycles. The first kappa shape index (κ1) is 12.0. The van der Waals surface area contributed by atoms with Crippen molar-refractivity contribution in [2.24, 2.45) is 0 Å². The lowest BCUT2D eigenvalue weighted by atomic mass is 10.2. The van der Waals surface area contributed by atoms with Gasteiger partial charge >= 0.3 is 5.00 Å². The van der Waals surface area contributed by atoms with Crippen LogP contribution < -0.4 is 5.32 Å². The van der Waals surface area contributed by atoms with E-state index in [9.17, 15) is 15.4 Å². The summed E-state index contributed by atoms with van der Waals surface area (Å²) in [6.07, 6.45) is 0. The van der Waals surface area contributed by atoms with Crippen molar-refractivity contribution in [3.63, 3.8) is 0 Å². The van der Waals surface area contributed by atoms with Crippen LogP contribution in [-0.4, -0.2) is 36.0 Å². The Hall–Kier alpha value is -1.49. The molecule has 1 aromatic heterocycles. The van der Waals surface area contributed by atoms with E-state index in [1.54, 1.807) is 6.07 Å². The van der Waals surface area contributed by atoms with Gasteiger partial charge in [-0.05, 0) is 6.07 Å². The van der Waals surface area contributed by atoms with Crippen LogP contribution in [0.2, 0.25) is 0 Å². The number of nitriles is 1. The average Bonchev–Trinajstić information content (AvgIpc) is 2.81. The Morgan fingerprint density at radius 2 is 2.24 bits per heavy atom. The minimum absolute atomic E-state index is 0.0929. The van der Waals surface area contributed by atoms with Crippen LogP contribution in [-0.2, 0) is 0 Å². The minimum Gasteiger partial charge on any atom is -0.314 e. The first-order valence-electron chi connectivity index (χ1n) is 5.31. The zero-order valence-corrected chi connectivity index (χ0v) is 9.94. The van der Waals surface area contributed by atoms with E-state index in [0.717, 1.165) is 42.4 Å². The van der Waals surface area contributed by atoms with Gasteiger partial charge in [0.2, 0.25) is 0 Å². The molecule has 6 nitrogen and oxygen atoms in total. The fourth-order valence-corrected chi connectivity index (χ4v) is 2.75. The Balaban J connectivity index is 2.16. The van der Waals surface area contributed by atoms with Gasteiger partial charge in [0.1, 0.15) is 6.04 Å². The molecule has 0 spiro atoms. The van der Waals surface area contributed by atoms with Crippen molar-refractivity contribution in [1.29, 1.82) is 5.26 Å². The number of rotatable bonds is 3. The van der Waals surface area contributed by atoms with E-state index in [-0.39, 0.29) is 11.0 Å². The summed E-state index contributed by atoms with van der Waals surface area (Å²) >= 11 is 1.08. The third kappa shape index (κ3) is 2.61. The molecule has 2 rings (SSSR count). The van der Waals surface area contributed by atoms with Crippen molar-refractivity contribution in [1.82, 2.24) is 10.2 Å². The molecule has 1 fully saturated rings. The van der Waals surface area contributed by atoms with Crippen LogP contribution in [0.5, 0.6) is 0 Å². The van der Waals surface area contributed by atoms with Gasteiger partial charge in [-0.1, -0.05) is 11.3 Å². The topological polar surface area (TPSA) is 82.2 Å². The van der Waals surface area contributed by atoms with Gasteiger partial charge in [-0.3, -0.25) is 15.0 Å². The van der Waals surface area contributed by atoms with Gasteiger partial charge < -0.3 is 5.32 Å². The number of hydrogen-bond acceptors (Lipinski definition) is 6. The number of hydrogen-bond donors (Lipinski definition) is 1. The largest absolute Gasteiger partial charge is 0.324 e. The van der Waals surface area contributed by atoms with E-state index in [0.29, 0.717) is 0 Å². The Kier molecular flexibility index (Phi) is 3.68. The molecular weight excluding hydrogens is 240 g/mol. The predicted octanol–water partition coefficient (Wildman–Crippen LogP) is 1.13. The van der Waals surface area contributed by atoms with Gasteiger partial charge in [0.05, 0.1) is 11.0 Å². The molecule has 0 amide bonds. The molecule has 0 bridgehead atoms. The van der Waals surface area contributed by atoms with Crippen LogP contribution in [0, 0.1) is 21.4 Å². The number of nitro groups is 1. The standard InChI is InChI=1S/C10H12N4O2S/c11-7-8(13-5-3-12-4-6-13)9-1-2-10(17-9)14(15)16/h1-2,8,12H,3-6H2. The fraction of sp³-hybridized carbons (Fsp3) is 0.500. The van der Waals surface area contributed by atoms with Gasteiger partial charge in [-0.15, -0.1) is 0 Å². The van der Waals surface area contributed by atoms with E-state index in [4.69, 9.17) is 0 Å². The monoisotopic (exact) mass is 252 g/mol. The van der Waals surface area contributed by atoms with Crippen molar-refractivity contribution in [2.45, 2.75) is 6.04 Å². The average molecular weight is 252 g/mol. The third-order valence-electron chi connectivity index (χ3n) is 2.70. The highest BCUT2D eigenvalue weighted by Gasteiger charge is 2.24. The Morgan fingerprint density at radius 3 is 2.76 bits per heavy atom. The second-order valence-corrected chi connectivity index (χ2v) is 4.84. The highest BCUT2D eigenvalue weighted by Crippen LogP contribution is 2.31. The van der Waals surface area contributed by atoms with Gasteiger partial charge in [0.15, 0.2) is 0 Å². The smallest absolute Gasteiger partial charge is 0.314 e. The zero-order chi connectivity index (χ0) is 12.3. The summed E-state index contributed by atoms with van der Waals surface area (Å²) in [5.74, 6) is 0. The number of nitrogens with zero attached hydrogens (tertiary/aromatic N) is 3. The molecule has 1 N–H and O–H groups in total. The summed E-state index contributed by atoms with van der Waals surface area (Å²) in [7, 11) is 0. The molecule has 1 aliphatic rings. The Morgan fingerprint density at radius 1 is 1.53 bits per heavy atom. The SMILES string of the molecule is N#CC(c1ccc([N+](=O)[O-])s1)N1CCNCC1. The summed E-state index contributed by atoms with van der Waals surface area (Å²) in [5, 5.41) is 23.1. The first-order chi connectivity index (χ1) is 8.22. The number of piperazine rings is 1. The fourth-order valence-electron chi connectivity index (χ4n) is 1.85. The molecule has 1 saturated heterocycles. The van der Waals surface area contributed by atoms with Gasteiger partial charge in [0.25, 0.3) is 0 Å². The lowest BCUT2D eigenvalue weighted by Crippen LogP contribution is -2.44. The number of thiophene rings is 1. The highest BCUT2D eigenvalue weighted by molar-refractivity contribution is 7.15. The quantitative estimate of drug-likeness (QED) is 0.644. The maximum absolute atomic E-state index is 10.6. The molecule has 17 heavy (non-hydrogen) atoms. The molecule has 1 atom stereocenters. The van der Waals surface area contributed by atoms with Crippen LogP contribution in [0.4, 0.5) is 5.00 Å². The van der Waals surface area contributed by atoms with Crippen molar-refractivity contribution >= 4 is 16.3 Å². The summed E-state index contributed by atoms with van der Waals surface area (Å²) < 4.78 is 0. The van der Waals surface area contributed by atoms with E-state index < -0.39 is 4.92 Å². The Bertz CT molecular complexity index is 447. The second kappa shape index (κ2) is 5.23. The summed E-state index contributed by atoms with van der Waals surface area (Å²) in [5.41, 5.74) is 0. The molecule has 0 aliphatic carbocycles. The molecule has 0 saturated carbocycles. The Labute approximate surface area is 103 Å². The molecule has 1 aliphatic heterocycles. The normalized spacial score (nSPS) is 18.5. The first-order valence-corrected chi connectivity index (χ1v) is 6.12. The summed E-state index contributed by atoms with van der Waals surface area (Å²) in [4.78, 5) is 13.0. The van der Waals surface area contributed by atoms with Crippen molar-refractivity contribution in [2.75, 3.05) is 26.2 Å².